The van der Waals surface area contributed by atoms with Gasteiger partial charge in [-0.05, 0) is 82.4 Å². The molecule has 6 atom stereocenters. The summed E-state index contributed by atoms with van der Waals surface area (Å²) in [7, 11) is 0. The number of ether oxygens (including phenoxy) is 1. The second-order valence-corrected chi connectivity index (χ2v) is 14.1. The van der Waals surface area contributed by atoms with Gasteiger partial charge < -0.3 is 25.0 Å². The van der Waals surface area contributed by atoms with Gasteiger partial charge in [0, 0.05) is 25.9 Å². The number of cyclic esters (lactones) is 1. The Kier molecular flexibility index (Phi) is 10.8. The van der Waals surface area contributed by atoms with E-state index in [0.29, 0.717) is 37.8 Å². The summed E-state index contributed by atoms with van der Waals surface area (Å²) < 4.78 is 5.78. The van der Waals surface area contributed by atoms with E-state index in [4.69, 9.17) is 4.74 Å². The van der Waals surface area contributed by atoms with Gasteiger partial charge in [0.25, 0.3) is 0 Å². The summed E-state index contributed by atoms with van der Waals surface area (Å²) in [6.45, 7) is 12.6. The first-order chi connectivity index (χ1) is 21.5. The van der Waals surface area contributed by atoms with E-state index in [1.54, 1.807) is 6.92 Å². The Balaban J connectivity index is 1.76. The van der Waals surface area contributed by atoms with E-state index < -0.39 is 59.5 Å². The number of nitrogens with one attached hydrogen (secondary N) is 1. The SMILES string of the molecule is CC(=O)[C@H]1CC(=O)[C@@H]2CCCN2C(=O)[C@@H]2CCCN2C(=O)[C@H]([C@@H](C)O)NC(=O)CC(C)(C)c2c(C)cc(C)cc2CC(=O)O[C@@H]1C. The standard InChI is InChI=1S/C35H49N3O8/c1-19-14-20(2)31-24(15-19)16-30(43)46-23(5)25(21(3)39)17-28(41)26-10-8-12-37(26)33(44)27-11-9-13-38(27)34(45)32(22(4)40)36-29(42)18-35(31,6)7/h14-15,22-23,25-27,32,40H,8-13,16-18H2,1-7H3,(H,36,42)/t22-,23-,25-,26+,27+,32+/m1/s1. The fraction of sp³-hybridized carbons (Fsp3) is 0.657. The Morgan fingerprint density at radius 3 is 2.22 bits per heavy atom. The maximum Gasteiger partial charge on any atom is 0.310 e. The van der Waals surface area contributed by atoms with E-state index in [1.807, 2.05) is 39.8 Å². The van der Waals surface area contributed by atoms with E-state index >= 15 is 0 Å². The van der Waals surface area contributed by atoms with Crippen LogP contribution in [0.5, 0.6) is 0 Å². The molecule has 0 unspecified atom stereocenters. The third-order valence-electron chi connectivity index (χ3n) is 9.80. The molecule has 0 aliphatic carbocycles. The Bertz CT molecular complexity index is 1400. The number of benzene rings is 1. The molecule has 0 aromatic heterocycles. The highest BCUT2D eigenvalue weighted by Crippen LogP contribution is 2.35. The van der Waals surface area contributed by atoms with Gasteiger partial charge in [0.1, 0.15) is 24.0 Å². The highest BCUT2D eigenvalue weighted by Gasteiger charge is 2.45. The molecule has 252 valence electrons. The summed E-state index contributed by atoms with van der Waals surface area (Å²) >= 11 is 0. The number of Topliss-reactive ketones (excluding diaryl/α,β-unsaturated/α-hetero) is 2. The van der Waals surface area contributed by atoms with Gasteiger partial charge in [-0.1, -0.05) is 31.5 Å². The van der Waals surface area contributed by atoms with Gasteiger partial charge in [-0.3, -0.25) is 28.8 Å². The molecule has 1 aromatic rings. The summed E-state index contributed by atoms with van der Waals surface area (Å²) in [5.74, 6) is -3.38. The molecule has 3 amide bonds. The normalized spacial score (nSPS) is 29.0. The molecule has 0 spiro atoms. The number of rotatable bonds is 2. The van der Waals surface area contributed by atoms with E-state index in [0.717, 1.165) is 16.7 Å². The molecule has 0 saturated carbocycles. The van der Waals surface area contributed by atoms with Crippen LogP contribution in [0.15, 0.2) is 12.1 Å². The topological polar surface area (TPSA) is 150 Å². The number of carbonyl (C=O) groups excluding carboxylic acids is 6. The average Bonchev–Trinajstić information content (AvgIpc) is 3.62. The van der Waals surface area contributed by atoms with Crippen LogP contribution in [0.1, 0.15) is 95.4 Å². The zero-order valence-corrected chi connectivity index (χ0v) is 28.2. The lowest BCUT2D eigenvalue weighted by Gasteiger charge is -2.35. The molecule has 3 heterocycles. The second kappa shape index (κ2) is 14.0. The fourth-order valence-electron chi connectivity index (χ4n) is 7.77. The zero-order valence-electron chi connectivity index (χ0n) is 28.2. The quantitative estimate of drug-likeness (QED) is 0.469. The van der Waals surface area contributed by atoms with Crippen LogP contribution < -0.4 is 5.32 Å². The van der Waals surface area contributed by atoms with Crippen molar-refractivity contribution in [2.45, 2.75) is 129 Å². The van der Waals surface area contributed by atoms with Crippen molar-refractivity contribution in [2.24, 2.45) is 5.92 Å². The summed E-state index contributed by atoms with van der Waals surface area (Å²) in [6.07, 6.45) is -0.449. The predicted octanol–water partition coefficient (Wildman–Crippen LogP) is 2.47. The van der Waals surface area contributed by atoms with Gasteiger partial charge >= 0.3 is 5.97 Å². The van der Waals surface area contributed by atoms with Crippen LogP contribution in [0, 0.1) is 19.8 Å². The summed E-state index contributed by atoms with van der Waals surface area (Å²) in [4.78, 5) is 84.0. The van der Waals surface area contributed by atoms with E-state index in [-0.39, 0.29) is 43.3 Å². The number of aliphatic hydroxyl groups excluding tert-OH is 1. The van der Waals surface area contributed by atoms with Gasteiger partial charge in [0.2, 0.25) is 17.7 Å². The summed E-state index contributed by atoms with van der Waals surface area (Å²) in [6, 6.07) is 0.994. The summed E-state index contributed by atoms with van der Waals surface area (Å²) in [5, 5.41) is 13.4. The number of carbonyl (C=O) groups is 6. The lowest BCUT2D eigenvalue weighted by molar-refractivity contribution is -0.153. The number of fused-ring (bicyclic) bond motifs is 3. The number of hydrogen-bond donors (Lipinski definition) is 2. The maximum atomic E-state index is 13.9. The van der Waals surface area contributed by atoms with E-state index in [1.165, 1.54) is 23.6 Å². The fourth-order valence-corrected chi connectivity index (χ4v) is 7.77. The van der Waals surface area contributed by atoms with E-state index in [2.05, 4.69) is 5.32 Å². The Labute approximate surface area is 271 Å². The van der Waals surface area contributed by atoms with Gasteiger partial charge in [0.15, 0.2) is 5.78 Å². The van der Waals surface area contributed by atoms with Crippen LogP contribution >= 0.6 is 0 Å². The zero-order chi connectivity index (χ0) is 34.1. The number of amides is 3. The smallest absolute Gasteiger partial charge is 0.310 e. The van der Waals surface area contributed by atoms with Crippen molar-refractivity contribution in [3.05, 3.63) is 34.4 Å². The molecular formula is C35H49N3O8. The average molecular weight is 640 g/mol. The molecule has 1 aromatic carbocycles. The van der Waals surface area contributed by atoms with Crippen LogP contribution in [0.25, 0.3) is 0 Å². The number of ketones is 2. The highest BCUT2D eigenvalue weighted by molar-refractivity contribution is 5.97. The Hall–Kier alpha value is -3.60. The molecule has 46 heavy (non-hydrogen) atoms. The molecule has 3 aliphatic rings. The Morgan fingerprint density at radius 1 is 1.00 bits per heavy atom. The van der Waals surface area contributed by atoms with Crippen LogP contribution in [0.2, 0.25) is 0 Å². The van der Waals surface area contributed by atoms with Crippen molar-refractivity contribution in [3.8, 4) is 0 Å². The predicted molar refractivity (Wildman–Crippen MR) is 170 cm³/mol. The largest absolute Gasteiger partial charge is 0.462 e. The lowest BCUT2D eigenvalue weighted by atomic mass is 9.75. The lowest BCUT2D eigenvalue weighted by Crippen LogP contribution is -2.58. The van der Waals surface area contributed by atoms with Crippen molar-refractivity contribution < 1.29 is 38.6 Å². The first kappa shape index (κ1) is 35.3. The molecule has 0 bridgehead atoms. The van der Waals surface area contributed by atoms with Crippen molar-refractivity contribution in [1.82, 2.24) is 15.1 Å². The first-order valence-electron chi connectivity index (χ1n) is 16.4. The molecule has 2 fully saturated rings. The van der Waals surface area contributed by atoms with Crippen LogP contribution in [0.4, 0.5) is 0 Å². The van der Waals surface area contributed by atoms with E-state index in [9.17, 15) is 33.9 Å². The second-order valence-electron chi connectivity index (χ2n) is 14.1. The number of aryl methyl sites for hydroxylation is 2. The number of hydrogen-bond acceptors (Lipinski definition) is 8. The molecule has 3 aliphatic heterocycles. The monoisotopic (exact) mass is 639 g/mol. The summed E-state index contributed by atoms with van der Waals surface area (Å²) in [5.41, 5.74) is 2.49. The van der Waals surface area contributed by atoms with Gasteiger partial charge in [-0.15, -0.1) is 0 Å². The highest BCUT2D eigenvalue weighted by atomic mass is 16.5. The van der Waals surface area contributed by atoms with Crippen molar-refractivity contribution in [3.63, 3.8) is 0 Å². The minimum Gasteiger partial charge on any atom is -0.462 e. The van der Waals surface area contributed by atoms with Crippen molar-refractivity contribution >= 4 is 35.3 Å². The van der Waals surface area contributed by atoms with Crippen LogP contribution in [0.3, 0.4) is 0 Å². The van der Waals surface area contributed by atoms with Gasteiger partial charge in [-0.2, -0.15) is 0 Å². The molecular weight excluding hydrogens is 590 g/mol. The molecule has 2 saturated heterocycles. The van der Waals surface area contributed by atoms with Crippen LogP contribution in [-0.2, 0) is 45.3 Å². The van der Waals surface area contributed by atoms with Gasteiger partial charge in [0.05, 0.1) is 24.5 Å². The molecule has 0 radical (unpaired) electrons. The van der Waals surface area contributed by atoms with Crippen molar-refractivity contribution in [1.29, 1.82) is 0 Å². The minimum absolute atomic E-state index is 0.0435. The third kappa shape index (κ3) is 7.51. The number of esters is 1. The molecule has 11 heteroatoms. The van der Waals surface area contributed by atoms with Gasteiger partial charge in [-0.25, -0.2) is 0 Å². The van der Waals surface area contributed by atoms with Crippen LogP contribution in [-0.4, -0.2) is 93.6 Å². The number of nitrogens with zero attached hydrogens (tertiary/aromatic N) is 2. The minimum atomic E-state index is -1.27. The Morgan fingerprint density at radius 2 is 1.61 bits per heavy atom. The molecule has 11 nitrogen and oxygen atoms in total. The molecule has 4 rings (SSSR count). The van der Waals surface area contributed by atoms with Crippen molar-refractivity contribution in [2.75, 3.05) is 13.1 Å². The first-order valence-corrected chi connectivity index (χ1v) is 16.4. The number of aliphatic hydroxyl groups is 1. The third-order valence-corrected chi connectivity index (χ3v) is 9.80. The molecule has 2 N–H and O–H groups in total. The maximum absolute atomic E-state index is 13.9.